The number of carbonyl (C=O) groups excluding carboxylic acids is 2. The summed E-state index contributed by atoms with van der Waals surface area (Å²) in [5.41, 5.74) is 4.71. The van der Waals surface area contributed by atoms with Crippen LogP contribution in [0.1, 0.15) is 33.8 Å². The molecule has 2 amide bonds. The third kappa shape index (κ3) is 5.74. The summed E-state index contributed by atoms with van der Waals surface area (Å²) in [6, 6.07) is 22.5. The number of aryl methyl sites for hydroxylation is 3. The summed E-state index contributed by atoms with van der Waals surface area (Å²) in [6.07, 6.45) is 2.21. The van der Waals surface area contributed by atoms with Crippen LogP contribution in [0.2, 0.25) is 0 Å². The lowest BCUT2D eigenvalue weighted by atomic mass is 10.1. The van der Waals surface area contributed by atoms with Crippen LogP contribution in [-0.2, 0) is 11.2 Å². The molecule has 0 aliphatic rings. The average molecular weight is 440 g/mol. The van der Waals surface area contributed by atoms with Crippen LogP contribution in [0.3, 0.4) is 0 Å². The van der Waals surface area contributed by atoms with Crippen molar-refractivity contribution in [2.45, 2.75) is 26.7 Å². The molecule has 0 unspecified atom stereocenters. The van der Waals surface area contributed by atoms with Crippen molar-refractivity contribution in [1.82, 2.24) is 4.98 Å². The molecule has 0 radical (unpaired) electrons. The molecule has 0 spiro atoms. The fourth-order valence-corrected chi connectivity index (χ4v) is 3.42. The first kappa shape index (κ1) is 22.0. The van der Waals surface area contributed by atoms with E-state index >= 15 is 0 Å². The Morgan fingerprint density at radius 1 is 0.879 bits per heavy atom. The summed E-state index contributed by atoms with van der Waals surface area (Å²) < 4.78 is 5.79. The first-order valence-corrected chi connectivity index (χ1v) is 10.8. The van der Waals surface area contributed by atoms with E-state index in [1.165, 1.54) is 5.56 Å². The van der Waals surface area contributed by atoms with Crippen molar-refractivity contribution in [2.75, 3.05) is 10.6 Å². The molecular formula is C27H25N3O3. The van der Waals surface area contributed by atoms with Crippen LogP contribution in [0.15, 0.2) is 83.4 Å². The lowest BCUT2D eigenvalue weighted by molar-refractivity contribution is -0.116. The lowest BCUT2D eigenvalue weighted by Gasteiger charge is -2.11. The number of nitrogens with zero attached hydrogens (tertiary/aromatic N) is 1. The third-order valence-electron chi connectivity index (χ3n) is 5.18. The maximum atomic E-state index is 12.8. The zero-order valence-electron chi connectivity index (χ0n) is 18.6. The highest BCUT2D eigenvalue weighted by Gasteiger charge is 2.15. The summed E-state index contributed by atoms with van der Waals surface area (Å²) in [5.74, 6) is 0.655. The van der Waals surface area contributed by atoms with Crippen LogP contribution < -0.4 is 10.6 Å². The molecule has 0 saturated heterocycles. The van der Waals surface area contributed by atoms with Crippen LogP contribution in [-0.4, -0.2) is 16.8 Å². The van der Waals surface area contributed by atoms with Gasteiger partial charge in [0.25, 0.3) is 5.91 Å². The highest BCUT2D eigenvalue weighted by molar-refractivity contribution is 6.10. The van der Waals surface area contributed by atoms with E-state index in [1.807, 2.05) is 62.4 Å². The van der Waals surface area contributed by atoms with E-state index in [0.29, 0.717) is 35.0 Å². The van der Waals surface area contributed by atoms with E-state index < -0.39 is 0 Å². The number of benzene rings is 3. The van der Waals surface area contributed by atoms with E-state index in [2.05, 4.69) is 15.6 Å². The van der Waals surface area contributed by atoms with Gasteiger partial charge in [-0.15, -0.1) is 0 Å². The van der Waals surface area contributed by atoms with Crippen molar-refractivity contribution in [3.63, 3.8) is 0 Å². The minimum atomic E-state index is -0.285. The number of rotatable bonds is 7. The Bertz CT molecular complexity index is 1280. The van der Waals surface area contributed by atoms with Crippen LogP contribution in [0.4, 0.5) is 11.4 Å². The van der Waals surface area contributed by atoms with Gasteiger partial charge in [-0.3, -0.25) is 9.59 Å². The highest BCUT2D eigenvalue weighted by Crippen LogP contribution is 2.22. The summed E-state index contributed by atoms with van der Waals surface area (Å²) >= 11 is 0. The molecule has 2 N–H and O–H groups in total. The molecule has 0 saturated carbocycles. The second-order valence-electron chi connectivity index (χ2n) is 7.90. The van der Waals surface area contributed by atoms with E-state index in [-0.39, 0.29) is 18.2 Å². The first-order valence-electron chi connectivity index (χ1n) is 10.8. The predicted octanol–water partition coefficient (Wildman–Crippen LogP) is 5.78. The Balaban J connectivity index is 1.37. The van der Waals surface area contributed by atoms with Crippen molar-refractivity contribution >= 4 is 23.2 Å². The van der Waals surface area contributed by atoms with E-state index in [0.717, 1.165) is 11.1 Å². The van der Waals surface area contributed by atoms with Gasteiger partial charge in [-0.25, -0.2) is 4.98 Å². The molecule has 1 aromatic heterocycles. The first-order chi connectivity index (χ1) is 16.0. The number of aromatic nitrogens is 1. The van der Waals surface area contributed by atoms with Crippen molar-refractivity contribution in [1.29, 1.82) is 0 Å². The predicted molar refractivity (Wildman–Crippen MR) is 129 cm³/mol. The van der Waals surface area contributed by atoms with Crippen LogP contribution in [0, 0.1) is 13.8 Å². The molecule has 166 valence electrons. The number of nitrogens with one attached hydrogen (secondary N) is 2. The molecule has 0 bridgehead atoms. The molecular weight excluding hydrogens is 414 g/mol. The van der Waals surface area contributed by atoms with Gasteiger partial charge in [-0.05, 0) is 43.7 Å². The third-order valence-corrected chi connectivity index (χ3v) is 5.18. The lowest BCUT2D eigenvalue weighted by Crippen LogP contribution is -2.18. The van der Waals surface area contributed by atoms with Crippen LogP contribution in [0.5, 0.6) is 0 Å². The Kier molecular flexibility index (Phi) is 6.64. The topological polar surface area (TPSA) is 84.2 Å². The smallest absolute Gasteiger partial charge is 0.257 e. The van der Waals surface area contributed by atoms with E-state index in [4.69, 9.17) is 4.42 Å². The van der Waals surface area contributed by atoms with Gasteiger partial charge in [0.1, 0.15) is 0 Å². The molecule has 0 aliphatic heterocycles. The van der Waals surface area contributed by atoms with Crippen molar-refractivity contribution in [2.24, 2.45) is 0 Å². The van der Waals surface area contributed by atoms with Gasteiger partial charge in [0.2, 0.25) is 5.91 Å². The van der Waals surface area contributed by atoms with Gasteiger partial charge < -0.3 is 15.1 Å². The maximum absolute atomic E-state index is 12.8. The number of hydrogen-bond acceptors (Lipinski definition) is 4. The summed E-state index contributed by atoms with van der Waals surface area (Å²) in [7, 11) is 0. The van der Waals surface area contributed by atoms with Crippen molar-refractivity contribution in [3.8, 4) is 11.3 Å². The monoisotopic (exact) mass is 439 g/mol. The number of anilines is 2. The van der Waals surface area contributed by atoms with Crippen LogP contribution >= 0.6 is 0 Å². The average Bonchev–Trinajstić information content (AvgIpc) is 3.28. The SMILES string of the molecule is Cc1ccc(-c2cnc(CCC(=O)Nc3ccccc3C(=O)Nc3cccc(C)c3)o2)cc1. The second kappa shape index (κ2) is 9.96. The Morgan fingerprint density at radius 3 is 2.45 bits per heavy atom. The standard InChI is InChI=1S/C27H25N3O3/c1-18-10-12-20(13-11-18)24-17-28-26(33-24)15-14-25(31)30-23-9-4-3-8-22(23)27(32)29-21-7-5-6-19(2)16-21/h3-13,16-17H,14-15H2,1-2H3,(H,29,32)(H,30,31). The minimum absolute atomic E-state index is 0.182. The molecule has 6 heteroatoms. The van der Waals surface area contributed by atoms with E-state index in [9.17, 15) is 9.59 Å². The number of oxazole rings is 1. The van der Waals surface area contributed by atoms with Gasteiger partial charge in [0, 0.05) is 24.1 Å². The normalized spacial score (nSPS) is 10.6. The molecule has 0 atom stereocenters. The Labute approximate surface area is 192 Å². The fourth-order valence-electron chi connectivity index (χ4n) is 3.42. The minimum Gasteiger partial charge on any atom is -0.441 e. The Morgan fingerprint density at radius 2 is 1.67 bits per heavy atom. The Hall–Kier alpha value is -4.19. The highest BCUT2D eigenvalue weighted by atomic mass is 16.4. The summed E-state index contributed by atoms with van der Waals surface area (Å²) in [6.45, 7) is 3.99. The molecule has 6 nitrogen and oxygen atoms in total. The molecule has 3 aromatic carbocycles. The summed E-state index contributed by atoms with van der Waals surface area (Å²) in [4.78, 5) is 29.6. The number of amides is 2. The zero-order chi connectivity index (χ0) is 23.2. The van der Waals surface area contributed by atoms with Crippen LogP contribution in [0.25, 0.3) is 11.3 Å². The number of hydrogen-bond donors (Lipinski definition) is 2. The molecule has 1 heterocycles. The quantitative estimate of drug-likeness (QED) is 0.382. The van der Waals surface area contributed by atoms with Gasteiger partial charge in [-0.1, -0.05) is 54.1 Å². The largest absolute Gasteiger partial charge is 0.441 e. The zero-order valence-corrected chi connectivity index (χ0v) is 18.6. The summed E-state index contributed by atoms with van der Waals surface area (Å²) in [5, 5.41) is 5.71. The molecule has 0 aliphatic carbocycles. The molecule has 4 rings (SSSR count). The number of carbonyl (C=O) groups is 2. The number of para-hydroxylation sites is 1. The molecule has 4 aromatic rings. The van der Waals surface area contributed by atoms with Crippen molar-refractivity contribution in [3.05, 3.63) is 102 Å². The molecule has 0 fully saturated rings. The maximum Gasteiger partial charge on any atom is 0.257 e. The van der Waals surface area contributed by atoms with Gasteiger partial charge >= 0.3 is 0 Å². The van der Waals surface area contributed by atoms with Crippen molar-refractivity contribution < 1.29 is 14.0 Å². The van der Waals surface area contributed by atoms with Gasteiger partial charge in [0.15, 0.2) is 11.7 Å². The van der Waals surface area contributed by atoms with Gasteiger partial charge in [-0.2, -0.15) is 0 Å². The fraction of sp³-hybridized carbons (Fsp3) is 0.148. The van der Waals surface area contributed by atoms with Gasteiger partial charge in [0.05, 0.1) is 17.4 Å². The van der Waals surface area contributed by atoms with E-state index in [1.54, 1.807) is 30.5 Å². The second-order valence-corrected chi connectivity index (χ2v) is 7.90. The molecule has 33 heavy (non-hydrogen) atoms.